The maximum Gasteiger partial charge on any atom is 0.437 e. The summed E-state index contributed by atoms with van der Waals surface area (Å²) in [5.74, 6) is 6.55. The SMILES string of the molecule is NN(C(=O)OC(=O)NCc1ccccc1)c1cccnc1SCc1ccccc1. The Kier molecular flexibility index (Phi) is 7.21. The van der Waals surface area contributed by atoms with Crippen molar-refractivity contribution in [3.8, 4) is 0 Å². The van der Waals surface area contributed by atoms with Crippen LogP contribution in [-0.2, 0) is 17.0 Å². The van der Waals surface area contributed by atoms with Gasteiger partial charge in [0.1, 0.15) is 5.03 Å². The lowest BCUT2D eigenvalue weighted by Crippen LogP contribution is -2.41. The molecule has 3 rings (SSSR count). The van der Waals surface area contributed by atoms with Crippen LogP contribution in [0, 0.1) is 0 Å². The van der Waals surface area contributed by atoms with Crippen LogP contribution >= 0.6 is 11.8 Å². The minimum atomic E-state index is -0.995. The van der Waals surface area contributed by atoms with E-state index in [9.17, 15) is 9.59 Å². The van der Waals surface area contributed by atoms with Crippen molar-refractivity contribution in [3.63, 3.8) is 0 Å². The maximum atomic E-state index is 12.3. The fourth-order valence-electron chi connectivity index (χ4n) is 2.44. The van der Waals surface area contributed by atoms with Gasteiger partial charge in [-0.2, -0.15) is 0 Å². The Balaban J connectivity index is 1.58. The number of nitrogens with two attached hydrogens (primary N) is 1. The quantitative estimate of drug-likeness (QED) is 0.210. The van der Waals surface area contributed by atoms with Gasteiger partial charge in [0.25, 0.3) is 0 Å². The molecule has 3 aromatic rings. The summed E-state index contributed by atoms with van der Waals surface area (Å²) in [6, 6.07) is 22.4. The Morgan fingerprint density at radius 3 is 2.31 bits per heavy atom. The number of nitrogens with one attached hydrogen (secondary N) is 1. The first-order chi connectivity index (χ1) is 14.1. The lowest BCUT2D eigenvalue weighted by atomic mass is 10.2. The summed E-state index contributed by atoms with van der Waals surface area (Å²) in [6.45, 7) is 0.239. The molecule has 8 heteroatoms. The van der Waals surface area contributed by atoms with E-state index in [1.165, 1.54) is 11.8 Å². The van der Waals surface area contributed by atoms with Crippen LogP contribution in [0.15, 0.2) is 84.0 Å². The fourth-order valence-corrected chi connectivity index (χ4v) is 3.38. The summed E-state index contributed by atoms with van der Waals surface area (Å²) in [4.78, 5) is 28.5. The third kappa shape index (κ3) is 6.06. The van der Waals surface area contributed by atoms with E-state index in [1.807, 2.05) is 60.7 Å². The summed E-state index contributed by atoms with van der Waals surface area (Å²) in [6.07, 6.45) is -0.260. The second kappa shape index (κ2) is 10.3. The standard InChI is InChI=1S/C21H20N4O3S/c22-25(21(27)28-20(26)24-14-16-8-3-1-4-9-16)18-12-7-13-23-19(18)29-15-17-10-5-2-6-11-17/h1-13H,14-15,22H2,(H,24,26). The Morgan fingerprint density at radius 2 is 1.62 bits per heavy atom. The molecule has 0 saturated carbocycles. The third-order valence-electron chi connectivity index (χ3n) is 3.89. The van der Waals surface area contributed by atoms with Crippen LogP contribution < -0.4 is 16.2 Å². The number of pyridine rings is 1. The molecule has 0 aliphatic carbocycles. The lowest BCUT2D eigenvalue weighted by molar-refractivity contribution is 0.154. The lowest BCUT2D eigenvalue weighted by Gasteiger charge is -2.18. The van der Waals surface area contributed by atoms with E-state index in [1.54, 1.807) is 18.3 Å². The minimum absolute atomic E-state index is 0.239. The summed E-state index contributed by atoms with van der Waals surface area (Å²) in [5.41, 5.74) is 2.35. The van der Waals surface area contributed by atoms with Gasteiger partial charge in [-0.05, 0) is 23.3 Å². The van der Waals surface area contributed by atoms with Gasteiger partial charge in [-0.3, -0.25) is 0 Å². The van der Waals surface area contributed by atoms with Crippen LogP contribution in [0.5, 0.6) is 0 Å². The van der Waals surface area contributed by atoms with E-state index in [4.69, 9.17) is 10.6 Å². The number of alkyl carbamates (subject to hydrolysis) is 1. The molecule has 7 nitrogen and oxygen atoms in total. The molecule has 0 atom stereocenters. The Labute approximate surface area is 172 Å². The first kappa shape index (κ1) is 20.4. The van der Waals surface area contributed by atoms with E-state index >= 15 is 0 Å². The van der Waals surface area contributed by atoms with E-state index in [0.717, 1.165) is 16.1 Å². The van der Waals surface area contributed by atoms with Crippen LogP contribution in [0.1, 0.15) is 11.1 Å². The summed E-state index contributed by atoms with van der Waals surface area (Å²) < 4.78 is 4.78. The molecule has 2 aromatic carbocycles. The number of amides is 2. The van der Waals surface area contributed by atoms with Crippen LogP contribution in [-0.4, -0.2) is 17.2 Å². The van der Waals surface area contributed by atoms with Crippen LogP contribution in [0.2, 0.25) is 0 Å². The number of rotatable bonds is 6. The van der Waals surface area contributed by atoms with Crippen molar-refractivity contribution >= 4 is 29.6 Å². The molecule has 1 heterocycles. The summed E-state index contributed by atoms with van der Waals surface area (Å²) >= 11 is 1.43. The fraction of sp³-hybridized carbons (Fsp3) is 0.0952. The number of benzene rings is 2. The van der Waals surface area contributed by atoms with Gasteiger partial charge in [0.2, 0.25) is 0 Å². The molecule has 0 radical (unpaired) electrons. The number of aromatic nitrogens is 1. The van der Waals surface area contributed by atoms with Gasteiger partial charge in [0.05, 0.1) is 5.69 Å². The van der Waals surface area contributed by atoms with Crippen molar-refractivity contribution in [1.82, 2.24) is 10.3 Å². The number of hydrogen-bond donors (Lipinski definition) is 2. The molecule has 0 fully saturated rings. The third-order valence-corrected chi connectivity index (χ3v) is 4.95. The Morgan fingerprint density at radius 1 is 0.966 bits per heavy atom. The van der Waals surface area contributed by atoms with Gasteiger partial charge >= 0.3 is 12.2 Å². The predicted octanol–water partition coefficient (Wildman–Crippen LogP) is 4.10. The van der Waals surface area contributed by atoms with Crippen LogP contribution in [0.4, 0.5) is 15.3 Å². The molecule has 3 N–H and O–H groups in total. The highest BCUT2D eigenvalue weighted by atomic mass is 32.2. The largest absolute Gasteiger partial charge is 0.437 e. The molecular weight excluding hydrogens is 388 g/mol. The topological polar surface area (TPSA) is 97.5 Å². The summed E-state index contributed by atoms with van der Waals surface area (Å²) in [5, 5.41) is 3.85. The van der Waals surface area contributed by atoms with Gasteiger partial charge in [-0.15, -0.1) is 0 Å². The van der Waals surface area contributed by atoms with Crippen LogP contribution in [0.3, 0.4) is 0 Å². The van der Waals surface area contributed by atoms with Crippen molar-refractivity contribution in [1.29, 1.82) is 0 Å². The van der Waals surface area contributed by atoms with Crippen LogP contribution in [0.25, 0.3) is 0 Å². The molecule has 0 spiro atoms. The molecule has 0 saturated heterocycles. The number of hydrogen-bond acceptors (Lipinski definition) is 6. The maximum absolute atomic E-state index is 12.3. The second-order valence-electron chi connectivity index (χ2n) is 5.97. The number of nitrogens with zero attached hydrogens (tertiary/aromatic N) is 2. The highest BCUT2D eigenvalue weighted by Gasteiger charge is 2.20. The number of thioether (sulfide) groups is 1. The molecule has 0 bridgehead atoms. The van der Waals surface area contributed by atoms with Crippen molar-refractivity contribution in [2.24, 2.45) is 5.84 Å². The molecule has 148 valence electrons. The van der Waals surface area contributed by atoms with E-state index in [-0.39, 0.29) is 6.54 Å². The van der Waals surface area contributed by atoms with Gasteiger partial charge in [0, 0.05) is 18.5 Å². The Bertz CT molecular complexity index is 954. The number of carbonyl (C=O) groups is 2. The smallest absolute Gasteiger partial charge is 0.358 e. The normalized spacial score (nSPS) is 10.2. The molecule has 2 amide bonds. The van der Waals surface area contributed by atoms with Crippen molar-refractivity contribution in [2.45, 2.75) is 17.3 Å². The zero-order chi connectivity index (χ0) is 20.5. The zero-order valence-corrected chi connectivity index (χ0v) is 16.3. The highest BCUT2D eigenvalue weighted by molar-refractivity contribution is 7.98. The number of hydrazine groups is 1. The number of carbonyl (C=O) groups excluding carboxylic acids is 2. The highest BCUT2D eigenvalue weighted by Crippen LogP contribution is 2.29. The van der Waals surface area contributed by atoms with Gasteiger partial charge < -0.3 is 10.1 Å². The first-order valence-corrected chi connectivity index (χ1v) is 9.82. The second-order valence-corrected chi connectivity index (χ2v) is 6.93. The minimum Gasteiger partial charge on any atom is -0.358 e. The van der Waals surface area contributed by atoms with Gasteiger partial charge in [-0.25, -0.2) is 25.4 Å². The number of anilines is 1. The van der Waals surface area contributed by atoms with Gasteiger partial charge in [0.15, 0.2) is 0 Å². The van der Waals surface area contributed by atoms with Crippen molar-refractivity contribution in [2.75, 3.05) is 5.01 Å². The monoisotopic (exact) mass is 408 g/mol. The van der Waals surface area contributed by atoms with Gasteiger partial charge in [-0.1, -0.05) is 72.4 Å². The molecule has 29 heavy (non-hydrogen) atoms. The van der Waals surface area contributed by atoms with E-state index in [2.05, 4.69) is 10.3 Å². The average Bonchev–Trinajstić information content (AvgIpc) is 2.77. The zero-order valence-electron chi connectivity index (χ0n) is 15.5. The molecule has 0 aliphatic rings. The molecule has 1 aromatic heterocycles. The average molecular weight is 408 g/mol. The summed E-state index contributed by atoms with van der Waals surface area (Å²) in [7, 11) is 0. The Hall–Kier alpha value is -3.36. The number of ether oxygens (including phenoxy) is 1. The predicted molar refractivity (Wildman–Crippen MR) is 112 cm³/mol. The molecule has 0 unspecified atom stereocenters. The van der Waals surface area contributed by atoms with E-state index in [0.29, 0.717) is 16.5 Å². The van der Waals surface area contributed by atoms with E-state index < -0.39 is 12.2 Å². The van der Waals surface area contributed by atoms with Crippen molar-refractivity contribution in [3.05, 3.63) is 90.1 Å². The first-order valence-electron chi connectivity index (χ1n) is 8.83. The molecule has 0 aliphatic heterocycles. The van der Waals surface area contributed by atoms with Crippen molar-refractivity contribution < 1.29 is 14.3 Å². The molecular formula is C21H20N4O3S.